The van der Waals surface area contributed by atoms with Crippen LogP contribution in [0, 0.1) is 5.82 Å². The molecule has 18 heavy (non-hydrogen) atoms. The van der Waals surface area contributed by atoms with Gasteiger partial charge in [-0.2, -0.15) is 0 Å². The van der Waals surface area contributed by atoms with Crippen LogP contribution in [0.2, 0.25) is 0 Å². The zero-order valence-electron chi connectivity index (χ0n) is 9.64. The van der Waals surface area contributed by atoms with E-state index in [9.17, 15) is 4.39 Å². The Balaban J connectivity index is 2.02. The van der Waals surface area contributed by atoms with Crippen LogP contribution in [0.3, 0.4) is 0 Å². The summed E-state index contributed by atoms with van der Waals surface area (Å²) in [5, 5.41) is 2.46. The number of benzene rings is 3. The fraction of sp³-hybridized carbons (Fsp3) is 0. The SMILES string of the molecule is Fc1ccc(Sc2cccc3ccccc23)cc1. The Bertz CT molecular complexity index is 669. The van der Waals surface area contributed by atoms with Gasteiger partial charge in [0.05, 0.1) is 0 Å². The van der Waals surface area contributed by atoms with Gasteiger partial charge >= 0.3 is 0 Å². The van der Waals surface area contributed by atoms with E-state index >= 15 is 0 Å². The van der Waals surface area contributed by atoms with Crippen molar-refractivity contribution in [2.75, 3.05) is 0 Å². The molecule has 0 saturated heterocycles. The van der Waals surface area contributed by atoms with Gasteiger partial charge in [-0.3, -0.25) is 0 Å². The van der Waals surface area contributed by atoms with Crippen LogP contribution in [0.15, 0.2) is 76.5 Å². The second-order valence-electron chi connectivity index (χ2n) is 4.03. The molecular formula is C16H11FS. The molecule has 3 rings (SSSR count). The molecule has 2 heteroatoms. The summed E-state index contributed by atoms with van der Waals surface area (Å²) < 4.78 is 12.9. The molecule has 0 fully saturated rings. The van der Waals surface area contributed by atoms with Gasteiger partial charge in [0.1, 0.15) is 5.82 Å². The lowest BCUT2D eigenvalue weighted by Gasteiger charge is -2.06. The first-order valence-corrected chi connectivity index (χ1v) is 6.56. The zero-order valence-corrected chi connectivity index (χ0v) is 10.5. The molecule has 0 radical (unpaired) electrons. The summed E-state index contributed by atoms with van der Waals surface area (Å²) in [5.74, 6) is -0.197. The van der Waals surface area contributed by atoms with Gasteiger partial charge in [-0.25, -0.2) is 4.39 Å². The number of halogens is 1. The van der Waals surface area contributed by atoms with Crippen molar-refractivity contribution in [3.63, 3.8) is 0 Å². The third-order valence-electron chi connectivity index (χ3n) is 2.79. The first kappa shape index (κ1) is 11.3. The van der Waals surface area contributed by atoms with E-state index in [1.165, 1.54) is 27.8 Å². The second-order valence-corrected chi connectivity index (χ2v) is 5.15. The van der Waals surface area contributed by atoms with E-state index in [4.69, 9.17) is 0 Å². The van der Waals surface area contributed by atoms with Gasteiger partial charge in [0.15, 0.2) is 0 Å². The fourth-order valence-corrected chi connectivity index (χ4v) is 2.88. The van der Waals surface area contributed by atoms with Crippen molar-refractivity contribution < 1.29 is 4.39 Å². The molecule has 3 aromatic rings. The Hall–Kier alpha value is -1.80. The number of rotatable bonds is 2. The average Bonchev–Trinajstić information content (AvgIpc) is 2.42. The summed E-state index contributed by atoms with van der Waals surface area (Å²) in [5.41, 5.74) is 0. The highest BCUT2D eigenvalue weighted by Crippen LogP contribution is 2.33. The van der Waals surface area contributed by atoms with Crippen molar-refractivity contribution in [2.24, 2.45) is 0 Å². The Labute approximate surface area is 109 Å². The Kier molecular flexibility index (Phi) is 3.03. The molecule has 0 bridgehead atoms. The van der Waals surface area contributed by atoms with Crippen molar-refractivity contribution >= 4 is 22.5 Å². The molecule has 0 aromatic heterocycles. The lowest BCUT2D eigenvalue weighted by atomic mass is 10.1. The van der Waals surface area contributed by atoms with Crippen LogP contribution in [0.5, 0.6) is 0 Å². The molecule has 0 saturated carbocycles. The van der Waals surface area contributed by atoms with Gasteiger partial charge in [-0.05, 0) is 41.1 Å². The smallest absolute Gasteiger partial charge is 0.123 e. The van der Waals surface area contributed by atoms with Gasteiger partial charge in [-0.15, -0.1) is 0 Å². The number of fused-ring (bicyclic) bond motifs is 1. The largest absolute Gasteiger partial charge is 0.207 e. The maximum atomic E-state index is 12.9. The zero-order chi connectivity index (χ0) is 12.4. The van der Waals surface area contributed by atoms with Crippen LogP contribution in [0.4, 0.5) is 4.39 Å². The van der Waals surface area contributed by atoms with Crippen LogP contribution in [-0.2, 0) is 0 Å². The minimum absolute atomic E-state index is 0.197. The maximum absolute atomic E-state index is 12.9. The molecule has 88 valence electrons. The molecule has 0 aliphatic carbocycles. The molecule has 0 unspecified atom stereocenters. The minimum atomic E-state index is -0.197. The van der Waals surface area contributed by atoms with Gasteiger partial charge in [-0.1, -0.05) is 48.2 Å². The molecule has 0 N–H and O–H groups in total. The third kappa shape index (κ3) is 2.24. The van der Waals surface area contributed by atoms with E-state index in [2.05, 4.69) is 24.3 Å². The lowest BCUT2D eigenvalue weighted by molar-refractivity contribution is 0.626. The van der Waals surface area contributed by atoms with Gasteiger partial charge in [0.2, 0.25) is 0 Å². The van der Waals surface area contributed by atoms with Gasteiger partial charge < -0.3 is 0 Å². The average molecular weight is 254 g/mol. The number of hydrogen-bond acceptors (Lipinski definition) is 1. The minimum Gasteiger partial charge on any atom is -0.207 e. The summed E-state index contributed by atoms with van der Waals surface area (Å²) in [6.07, 6.45) is 0. The van der Waals surface area contributed by atoms with Crippen LogP contribution < -0.4 is 0 Å². The quantitative estimate of drug-likeness (QED) is 0.611. The maximum Gasteiger partial charge on any atom is 0.123 e. The fourth-order valence-electron chi connectivity index (χ4n) is 1.91. The van der Waals surface area contributed by atoms with Crippen molar-refractivity contribution in [2.45, 2.75) is 9.79 Å². The second kappa shape index (κ2) is 4.83. The summed E-state index contributed by atoms with van der Waals surface area (Å²) in [4.78, 5) is 2.24. The Morgan fingerprint density at radius 1 is 0.722 bits per heavy atom. The molecule has 0 nitrogen and oxygen atoms in total. The highest BCUT2D eigenvalue weighted by Gasteiger charge is 2.02. The van der Waals surface area contributed by atoms with Crippen LogP contribution >= 0.6 is 11.8 Å². The Morgan fingerprint density at radius 2 is 1.44 bits per heavy atom. The highest BCUT2D eigenvalue weighted by molar-refractivity contribution is 7.99. The predicted molar refractivity (Wildman–Crippen MR) is 74.5 cm³/mol. The molecule has 0 aliphatic heterocycles. The van der Waals surface area contributed by atoms with Crippen LogP contribution in [0.1, 0.15) is 0 Å². The number of hydrogen-bond donors (Lipinski definition) is 0. The van der Waals surface area contributed by atoms with E-state index in [0.717, 1.165) is 4.90 Å². The first-order valence-electron chi connectivity index (χ1n) is 5.74. The molecule has 0 atom stereocenters. The van der Waals surface area contributed by atoms with E-state index in [0.29, 0.717) is 0 Å². The van der Waals surface area contributed by atoms with Gasteiger partial charge in [0, 0.05) is 9.79 Å². The molecule has 0 spiro atoms. The topological polar surface area (TPSA) is 0 Å². The summed E-state index contributed by atoms with van der Waals surface area (Å²) >= 11 is 1.66. The Morgan fingerprint density at radius 3 is 2.28 bits per heavy atom. The van der Waals surface area contributed by atoms with Crippen molar-refractivity contribution in [1.29, 1.82) is 0 Å². The predicted octanol–water partition coefficient (Wildman–Crippen LogP) is 5.13. The van der Waals surface area contributed by atoms with E-state index in [1.807, 2.05) is 30.3 Å². The van der Waals surface area contributed by atoms with Crippen LogP contribution in [0.25, 0.3) is 10.8 Å². The summed E-state index contributed by atoms with van der Waals surface area (Å²) in [7, 11) is 0. The van der Waals surface area contributed by atoms with Gasteiger partial charge in [0.25, 0.3) is 0 Å². The molecule has 0 amide bonds. The van der Waals surface area contributed by atoms with E-state index in [-0.39, 0.29) is 5.82 Å². The molecule has 0 heterocycles. The van der Waals surface area contributed by atoms with Crippen molar-refractivity contribution in [3.8, 4) is 0 Å². The lowest BCUT2D eigenvalue weighted by Crippen LogP contribution is -1.78. The molecule has 0 aliphatic rings. The third-order valence-corrected chi connectivity index (χ3v) is 3.87. The molecular weight excluding hydrogens is 243 g/mol. The normalized spacial score (nSPS) is 10.7. The molecule has 3 aromatic carbocycles. The standard InChI is InChI=1S/C16H11FS/c17-13-8-10-14(11-9-13)18-16-7-3-5-12-4-1-2-6-15(12)16/h1-11H. The van der Waals surface area contributed by atoms with E-state index in [1.54, 1.807) is 11.8 Å². The summed E-state index contributed by atoms with van der Waals surface area (Å²) in [6, 6.07) is 21.1. The van der Waals surface area contributed by atoms with Crippen molar-refractivity contribution in [1.82, 2.24) is 0 Å². The first-order chi connectivity index (χ1) is 8.83. The summed E-state index contributed by atoms with van der Waals surface area (Å²) in [6.45, 7) is 0. The van der Waals surface area contributed by atoms with Crippen LogP contribution in [-0.4, -0.2) is 0 Å². The highest BCUT2D eigenvalue weighted by atomic mass is 32.2. The monoisotopic (exact) mass is 254 g/mol. The van der Waals surface area contributed by atoms with Crippen molar-refractivity contribution in [3.05, 3.63) is 72.5 Å². The van der Waals surface area contributed by atoms with E-state index < -0.39 is 0 Å².